The Bertz CT molecular complexity index is 494. The Morgan fingerprint density at radius 3 is 2.80 bits per heavy atom. The molecule has 0 saturated heterocycles. The fourth-order valence-electron chi connectivity index (χ4n) is 1.57. The lowest BCUT2D eigenvalue weighted by Gasteiger charge is -2.04. The molecule has 0 amide bonds. The summed E-state index contributed by atoms with van der Waals surface area (Å²) in [5.41, 5.74) is 3.18. The Kier molecular flexibility index (Phi) is 3.13. The quantitative estimate of drug-likeness (QED) is 0.571. The van der Waals surface area contributed by atoms with Gasteiger partial charge in [0.15, 0.2) is 0 Å². The minimum absolute atomic E-state index is 0.576. The molecule has 0 atom stereocenters. The van der Waals surface area contributed by atoms with Gasteiger partial charge in [-0.05, 0) is 42.7 Å². The largest absolute Gasteiger partial charge is 0.236 e. The Labute approximate surface area is 99.0 Å². The third-order valence-electron chi connectivity index (χ3n) is 2.39. The summed E-state index contributed by atoms with van der Waals surface area (Å²) in [6, 6.07) is 8.21. The van der Waals surface area contributed by atoms with Crippen molar-refractivity contribution in [3.05, 3.63) is 40.5 Å². The average molecular weight is 240 g/mol. The smallest absolute Gasteiger partial charge is 0.132 e. The molecule has 78 valence electrons. The molecule has 0 bridgehead atoms. The minimum atomic E-state index is 0.576. The standard InChI is InChI=1S/C12H11Cl2N/c1-8-6-10-7-9(4-5-13)2-3-11(10)15-12(8)14/h2-3,6-7H,4-5H2,1H3. The third-order valence-corrected chi connectivity index (χ3v) is 2.96. The number of benzene rings is 1. The van der Waals surface area contributed by atoms with Crippen molar-refractivity contribution in [3.8, 4) is 0 Å². The van der Waals surface area contributed by atoms with E-state index in [9.17, 15) is 0 Å². The number of hydrogen-bond donors (Lipinski definition) is 0. The number of aryl methyl sites for hydroxylation is 2. The number of pyridine rings is 1. The first kappa shape index (κ1) is 10.7. The molecule has 0 N–H and O–H groups in total. The maximum atomic E-state index is 5.96. The van der Waals surface area contributed by atoms with Crippen LogP contribution in [0.2, 0.25) is 5.15 Å². The Hall–Kier alpha value is -0.790. The first-order chi connectivity index (χ1) is 7.20. The zero-order valence-corrected chi connectivity index (χ0v) is 9.94. The molecule has 15 heavy (non-hydrogen) atoms. The van der Waals surface area contributed by atoms with Crippen molar-refractivity contribution in [2.24, 2.45) is 0 Å². The SMILES string of the molecule is Cc1cc2cc(CCCl)ccc2nc1Cl. The van der Waals surface area contributed by atoms with E-state index in [0.717, 1.165) is 22.9 Å². The second-order valence-electron chi connectivity index (χ2n) is 3.56. The van der Waals surface area contributed by atoms with Crippen molar-refractivity contribution in [2.75, 3.05) is 5.88 Å². The number of nitrogens with zero attached hydrogens (tertiary/aromatic N) is 1. The molecule has 0 saturated carbocycles. The van der Waals surface area contributed by atoms with Gasteiger partial charge in [0.2, 0.25) is 0 Å². The second kappa shape index (κ2) is 4.38. The van der Waals surface area contributed by atoms with Gasteiger partial charge in [0.05, 0.1) is 5.52 Å². The summed E-state index contributed by atoms with van der Waals surface area (Å²) in [6.45, 7) is 1.96. The minimum Gasteiger partial charge on any atom is -0.236 e. The predicted molar refractivity (Wildman–Crippen MR) is 65.9 cm³/mol. The van der Waals surface area contributed by atoms with Crippen molar-refractivity contribution < 1.29 is 0 Å². The van der Waals surface area contributed by atoms with E-state index < -0.39 is 0 Å². The molecule has 3 heteroatoms. The summed E-state index contributed by atoms with van der Waals surface area (Å²) in [4.78, 5) is 4.31. The van der Waals surface area contributed by atoms with E-state index in [-0.39, 0.29) is 0 Å². The van der Waals surface area contributed by atoms with Gasteiger partial charge in [-0.1, -0.05) is 17.7 Å². The van der Waals surface area contributed by atoms with Crippen LogP contribution in [0.3, 0.4) is 0 Å². The van der Waals surface area contributed by atoms with Crippen molar-refractivity contribution >= 4 is 34.1 Å². The summed E-state index contributed by atoms with van der Waals surface area (Å²) in [5.74, 6) is 0.644. The molecule has 1 aromatic carbocycles. The van der Waals surface area contributed by atoms with E-state index in [1.54, 1.807) is 0 Å². The van der Waals surface area contributed by atoms with E-state index >= 15 is 0 Å². The summed E-state index contributed by atoms with van der Waals surface area (Å²) in [6.07, 6.45) is 0.888. The highest BCUT2D eigenvalue weighted by atomic mass is 35.5. The molecule has 1 heterocycles. The van der Waals surface area contributed by atoms with E-state index in [1.807, 2.05) is 19.1 Å². The number of hydrogen-bond acceptors (Lipinski definition) is 1. The molecule has 0 radical (unpaired) electrons. The van der Waals surface area contributed by atoms with Gasteiger partial charge >= 0.3 is 0 Å². The maximum absolute atomic E-state index is 5.96. The summed E-state index contributed by atoms with van der Waals surface area (Å²) < 4.78 is 0. The van der Waals surface area contributed by atoms with Crippen LogP contribution in [0, 0.1) is 6.92 Å². The van der Waals surface area contributed by atoms with Crippen LogP contribution in [0.15, 0.2) is 24.3 Å². The van der Waals surface area contributed by atoms with E-state index in [0.29, 0.717) is 11.0 Å². The van der Waals surface area contributed by atoms with E-state index in [4.69, 9.17) is 23.2 Å². The number of rotatable bonds is 2. The average Bonchev–Trinajstić information content (AvgIpc) is 2.21. The highest BCUT2D eigenvalue weighted by molar-refractivity contribution is 6.30. The molecule has 1 nitrogen and oxygen atoms in total. The zero-order chi connectivity index (χ0) is 10.8. The maximum Gasteiger partial charge on any atom is 0.132 e. The number of aromatic nitrogens is 1. The molecule has 0 aliphatic rings. The van der Waals surface area contributed by atoms with Gasteiger partial charge in [-0.3, -0.25) is 0 Å². The molecule has 0 aliphatic carbocycles. The van der Waals surface area contributed by atoms with Gasteiger partial charge in [-0.2, -0.15) is 0 Å². The van der Waals surface area contributed by atoms with Crippen LogP contribution >= 0.6 is 23.2 Å². The number of alkyl halides is 1. The van der Waals surface area contributed by atoms with Crippen molar-refractivity contribution in [1.82, 2.24) is 4.98 Å². The first-order valence-electron chi connectivity index (χ1n) is 4.82. The van der Waals surface area contributed by atoms with Crippen molar-refractivity contribution in [1.29, 1.82) is 0 Å². The molecule has 0 aliphatic heterocycles. The normalized spacial score (nSPS) is 10.9. The van der Waals surface area contributed by atoms with Crippen LogP contribution in [-0.4, -0.2) is 10.9 Å². The Balaban J connectivity index is 2.56. The first-order valence-corrected chi connectivity index (χ1v) is 5.73. The second-order valence-corrected chi connectivity index (χ2v) is 4.30. The van der Waals surface area contributed by atoms with Crippen LogP contribution in [0.4, 0.5) is 0 Å². The lowest BCUT2D eigenvalue weighted by Crippen LogP contribution is -1.89. The van der Waals surface area contributed by atoms with Crippen molar-refractivity contribution in [3.63, 3.8) is 0 Å². The molecule has 2 rings (SSSR count). The Morgan fingerprint density at radius 2 is 2.07 bits per heavy atom. The highest BCUT2D eigenvalue weighted by Gasteiger charge is 2.01. The lowest BCUT2D eigenvalue weighted by molar-refractivity contribution is 1.15. The van der Waals surface area contributed by atoms with Crippen LogP contribution in [0.25, 0.3) is 10.9 Å². The number of halogens is 2. The highest BCUT2D eigenvalue weighted by Crippen LogP contribution is 2.21. The fourth-order valence-corrected chi connectivity index (χ4v) is 1.94. The van der Waals surface area contributed by atoms with Gasteiger partial charge in [0.1, 0.15) is 5.15 Å². The van der Waals surface area contributed by atoms with Gasteiger partial charge in [-0.25, -0.2) is 4.98 Å². The van der Waals surface area contributed by atoms with Crippen LogP contribution < -0.4 is 0 Å². The van der Waals surface area contributed by atoms with Gasteiger partial charge < -0.3 is 0 Å². The molecular weight excluding hydrogens is 229 g/mol. The molecule has 2 aromatic rings. The molecular formula is C12H11Cl2N. The van der Waals surface area contributed by atoms with E-state index in [2.05, 4.69) is 17.1 Å². The zero-order valence-electron chi connectivity index (χ0n) is 8.43. The van der Waals surface area contributed by atoms with Crippen LogP contribution in [0.5, 0.6) is 0 Å². The number of fused-ring (bicyclic) bond motifs is 1. The summed E-state index contributed by atoms with van der Waals surface area (Å²) in [5, 5.41) is 1.70. The monoisotopic (exact) mass is 239 g/mol. The Morgan fingerprint density at radius 1 is 1.27 bits per heavy atom. The van der Waals surface area contributed by atoms with Gasteiger partial charge in [0.25, 0.3) is 0 Å². The summed E-state index contributed by atoms with van der Waals surface area (Å²) in [7, 11) is 0. The van der Waals surface area contributed by atoms with Crippen LogP contribution in [-0.2, 0) is 6.42 Å². The summed E-state index contributed by atoms with van der Waals surface area (Å²) >= 11 is 11.7. The predicted octanol–water partition coefficient (Wildman–Crippen LogP) is 3.98. The fraction of sp³-hybridized carbons (Fsp3) is 0.250. The van der Waals surface area contributed by atoms with Gasteiger partial charge in [-0.15, -0.1) is 11.6 Å². The third kappa shape index (κ3) is 2.24. The molecule has 0 spiro atoms. The van der Waals surface area contributed by atoms with Crippen LogP contribution in [0.1, 0.15) is 11.1 Å². The molecule has 0 fully saturated rings. The topological polar surface area (TPSA) is 12.9 Å². The molecule has 1 aromatic heterocycles. The van der Waals surface area contributed by atoms with Crippen molar-refractivity contribution in [2.45, 2.75) is 13.3 Å². The van der Waals surface area contributed by atoms with E-state index in [1.165, 1.54) is 5.56 Å². The lowest BCUT2D eigenvalue weighted by atomic mass is 10.1. The molecule has 0 unspecified atom stereocenters. The van der Waals surface area contributed by atoms with Gasteiger partial charge in [0, 0.05) is 11.3 Å².